The lowest BCUT2D eigenvalue weighted by molar-refractivity contribution is 0.263. The summed E-state index contributed by atoms with van der Waals surface area (Å²) in [5, 5.41) is 3.13. The zero-order chi connectivity index (χ0) is 13.9. The van der Waals surface area contributed by atoms with E-state index in [2.05, 4.69) is 21.2 Å². The molecule has 4 nitrogen and oxygen atoms in total. The highest BCUT2D eigenvalue weighted by atomic mass is 79.9. The fraction of sp³-hybridized carbons (Fsp3) is 0.538. The van der Waals surface area contributed by atoms with Crippen LogP contribution in [0.5, 0.6) is 0 Å². The van der Waals surface area contributed by atoms with Gasteiger partial charge in [-0.25, -0.2) is 8.42 Å². The van der Waals surface area contributed by atoms with Gasteiger partial charge in [0.05, 0.1) is 4.90 Å². The number of nitrogens with zero attached hydrogens (tertiary/aromatic N) is 1. The summed E-state index contributed by atoms with van der Waals surface area (Å²) in [6, 6.07) is 6.84. The van der Waals surface area contributed by atoms with Crippen LogP contribution in [0.15, 0.2) is 33.6 Å². The molecule has 19 heavy (non-hydrogen) atoms. The first-order chi connectivity index (χ1) is 9.04. The average molecular weight is 347 g/mol. The summed E-state index contributed by atoms with van der Waals surface area (Å²) in [6.45, 7) is 2.10. The van der Waals surface area contributed by atoms with Gasteiger partial charge in [0.25, 0.3) is 0 Å². The number of nitrogens with one attached hydrogen (secondary N) is 1. The Morgan fingerprint density at radius 2 is 2.05 bits per heavy atom. The first-order valence-electron chi connectivity index (χ1n) is 6.44. The lowest BCUT2D eigenvalue weighted by Gasteiger charge is -2.31. The molecule has 1 N–H and O–H groups in total. The van der Waals surface area contributed by atoms with Crippen molar-refractivity contribution in [3.8, 4) is 0 Å². The number of hydrogen-bond donors (Lipinski definition) is 1. The minimum atomic E-state index is -3.35. The molecule has 1 aliphatic heterocycles. The van der Waals surface area contributed by atoms with Crippen molar-refractivity contribution in [3.63, 3.8) is 0 Å². The second-order valence-corrected chi connectivity index (χ2v) is 7.74. The summed E-state index contributed by atoms with van der Waals surface area (Å²) in [6.07, 6.45) is 2.02. The highest BCUT2D eigenvalue weighted by Crippen LogP contribution is 2.24. The minimum Gasteiger partial charge on any atom is -0.319 e. The second kappa shape index (κ2) is 6.35. The van der Waals surface area contributed by atoms with Crippen LogP contribution < -0.4 is 5.32 Å². The largest absolute Gasteiger partial charge is 0.319 e. The van der Waals surface area contributed by atoms with E-state index in [1.807, 2.05) is 7.05 Å². The zero-order valence-corrected chi connectivity index (χ0v) is 13.4. The van der Waals surface area contributed by atoms with Gasteiger partial charge in [-0.05, 0) is 56.6 Å². The van der Waals surface area contributed by atoms with Gasteiger partial charge in [0.15, 0.2) is 0 Å². The third-order valence-electron chi connectivity index (χ3n) is 3.43. The molecule has 6 heteroatoms. The molecule has 0 radical (unpaired) electrons. The van der Waals surface area contributed by atoms with Crippen molar-refractivity contribution in [3.05, 3.63) is 28.7 Å². The molecule has 0 aromatic heterocycles. The molecular weight excluding hydrogens is 328 g/mol. The SMILES string of the molecule is CNCC1CCCN(S(=O)(=O)c2ccc(Br)cc2)C1. The maximum absolute atomic E-state index is 12.5. The fourth-order valence-corrected chi connectivity index (χ4v) is 4.28. The molecular formula is C13H19BrN2O2S. The Kier molecular flexibility index (Phi) is 5.00. The summed E-state index contributed by atoms with van der Waals surface area (Å²) < 4.78 is 27.6. The summed E-state index contributed by atoms with van der Waals surface area (Å²) in [4.78, 5) is 0.376. The molecule has 0 spiro atoms. The average Bonchev–Trinajstić information content (AvgIpc) is 2.40. The number of sulfonamides is 1. The van der Waals surface area contributed by atoms with Gasteiger partial charge in [0.1, 0.15) is 0 Å². The van der Waals surface area contributed by atoms with Crippen LogP contribution in [-0.4, -0.2) is 39.4 Å². The Morgan fingerprint density at radius 3 is 2.68 bits per heavy atom. The Morgan fingerprint density at radius 1 is 1.37 bits per heavy atom. The van der Waals surface area contributed by atoms with E-state index in [-0.39, 0.29) is 0 Å². The maximum atomic E-state index is 12.5. The lowest BCUT2D eigenvalue weighted by atomic mass is 10.00. The van der Waals surface area contributed by atoms with Gasteiger partial charge in [-0.15, -0.1) is 0 Å². The highest BCUT2D eigenvalue weighted by molar-refractivity contribution is 9.10. The van der Waals surface area contributed by atoms with Crippen LogP contribution in [0.3, 0.4) is 0 Å². The standard InChI is InChI=1S/C13H19BrN2O2S/c1-15-9-11-3-2-8-16(10-11)19(17,18)13-6-4-12(14)5-7-13/h4-7,11,15H,2-3,8-10H2,1H3. The van der Waals surface area contributed by atoms with Crippen LogP contribution in [-0.2, 0) is 10.0 Å². The first-order valence-corrected chi connectivity index (χ1v) is 8.67. The van der Waals surface area contributed by atoms with E-state index in [1.54, 1.807) is 28.6 Å². The van der Waals surface area contributed by atoms with Crippen LogP contribution in [0.1, 0.15) is 12.8 Å². The number of hydrogen-bond acceptors (Lipinski definition) is 3. The third-order valence-corrected chi connectivity index (χ3v) is 5.83. The zero-order valence-electron chi connectivity index (χ0n) is 11.0. The molecule has 1 fully saturated rings. The summed E-state index contributed by atoms with van der Waals surface area (Å²) in [7, 11) is -1.44. The van der Waals surface area contributed by atoms with Gasteiger partial charge in [-0.1, -0.05) is 15.9 Å². The molecule has 1 aliphatic rings. The molecule has 2 rings (SSSR count). The molecule has 1 aromatic carbocycles. The Labute approximate surface area is 123 Å². The van der Waals surface area contributed by atoms with Gasteiger partial charge in [-0.2, -0.15) is 4.31 Å². The fourth-order valence-electron chi connectivity index (χ4n) is 2.46. The first kappa shape index (κ1) is 15.0. The minimum absolute atomic E-state index is 0.376. The van der Waals surface area contributed by atoms with Crippen molar-refractivity contribution >= 4 is 26.0 Å². The van der Waals surface area contributed by atoms with Crippen molar-refractivity contribution in [1.82, 2.24) is 9.62 Å². The summed E-state index contributed by atoms with van der Waals surface area (Å²) in [5.41, 5.74) is 0. The van der Waals surface area contributed by atoms with Gasteiger partial charge >= 0.3 is 0 Å². The van der Waals surface area contributed by atoms with E-state index in [4.69, 9.17) is 0 Å². The molecule has 106 valence electrons. The van der Waals surface area contributed by atoms with E-state index in [0.717, 1.165) is 23.9 Å². The van der Waals surface area contributed by atoms with Gasteiger partial charge in [0.2, 0.25) is 10.0 Å². The van der Waals surface area contributed by atoms with Gasteiger partial charge in [-0.3, -0.25) is 0 Å². The van der Waals surface area contributed by atoms with Gasteiger partial charge in [0, 0.05) is 17.6 Å². The van der Waals surface area contributed by atoms with E-state index in [9.17, 15) is 8.42 Å². The van der Waals surface area contributed by atoms with Crippen LogP contribution in [0.25, 0.3) is 0 Å². The number of halogens is 1. The monoisotopic (exact) mass is 346 g/mol. The predicted molar refractivity (Wildman–Crippen MR) is 79.6 cm³/mol. The quantitative estimate of drug-likeness (QED) is 0.907. The Hall–Kier alpha value is -0.430. The lowest BCUT2D eigenvalue weighted by Crippen LogP contribution is -2.42. The van der Waals surface area contributed by atoms with Crippen molar-refractivity contribution in [2.75, 3.05) is 26.7 Å². The van der Waals surface area contributed by atoms with E-state index < -0.39 is 10.0 Å². The number of rotatable bonds is 4. The third kappa shape index (κ3) is 3.56. The molecule has 1 aromatic rings. The van der Waals surface area contributed by atoms with Crippen molar-refractivity contribution in [2.45, 2.75) is 17.7 Å². The topological polar surface area (TPSA) is 49.4 Å². The van der Waals surface area contributed by atoms with E-state index in [1.165, 1.54) is 0 Å². The van der Waals surface area contributed by atoms with Crippen LogP contribution in [0, 0.1) is 5.92 Å². The molecule has 0 bridgehead atoms. The normalized spacial score (nSPS) is 21.5. The summed E-state index contributed by atoms with van der Waals surface area (Å²) in [5.74, 6) is 0.406. The number of piperidine rings is 1. The Balaban J connectivity index is 2.17. The van der Waals surface area contributed by atoms with Crippen LogP contribution >= 0.6 is 15.9 Å². The molecule has 1 saturated heterocycles. The summed E-state index contributed by atoms with van der Waals surface area (Å²) >= 11 is 3.32. The second-order valence-electron chi connectivity index (χ2n) is 4.88. The molecule has 1 atom stereocenters. The molecule has 0 amide bonds. The van der Waals surface area contributed by atoms with Crippen molar-refractivity contribution < 1.29 is 8.42 Å². The molecule has 0 saturated carbocycles. The number of benzene rings is 1. The molecule has 1 heterocycles. The maximum Gasteiger partial charge on any atom is 0.243 e. The van der Waals surface area contributed by atoms with Crippen LogP contribution in [0.4, 0.5) is 0 Å². The highest BCUT2D eigenvalue weighted by Gasteiger charge is 2.29. The Bertz CT molecular complexity index is 514. The van der Waals surface area contributed by atoms with Crippen molar-refractivity contribution in [2.24, 2.45) is 5.92 Å². The predicted octanol–water partition coefficient (Wildman–Crippen LogP) is 2.07. The van der Waals surface area contributed by atoms with Crippen LogP contribution in [0.2, 0.25) is 0 Å². The molecule has 0 aliphatic carbocycles. The van der Waals surface area contributed by atoms with E-state index in [0.29, 0.717) is 23.9 Å². The van der Waals surface area contributed by atoms with Gasteiger partial charge < -0.3 is 5.32 Å². The molecule has 1 unspecified atom stereocenters. The van der Waals surface area contributed by atoms with Crippen molar-refractivity contribution in [1.29, 1.82) is 0 Å². The smallest absolute Gasteiger partial charge is 0.243 e. The van der Waals surface area contributed by atoms with E-state index >= 15 is 0 Å².